The van der Waals surface area contributed by atoms with E-state index in [2.05, 4.69) is 33.2 Å². The molecule has 0 saturated heterocycles. The summed E-state index contributed by atoms with van der Waals surface area (Å²) in [6.45, 7) is 4.65. The van der Waals surface area contributed by atoms with Gasteiger partial charge in [-0.3, -0.25) is 4.79 Å². The van der Waals surface area contributed by atoms with Crippen LogP contribution in [-0.2, 0) is 11.3 Å². The molecule has 0 aliphatic rings. The molecule has 1 rings (SSSR count). The lowest BCUT2D eigenvalue weighted by molar-refractivity contribution is -0.883. The first kappa shape index (κ1) is 27.7. The van der Waals surface area contributed by atoms with E-state index in [0.717, 1.165) is 11.0 Å². The van der Waals surface area contributed by atoms with Crippen molar-refractivity contribution in [1.82, 2.24) is 4.90 Å². The van der Waals surface area contributed by atoms with Gasteiger partial charge in [-0.1, -0.05) is 114 Å². The molecule has 0 unspecified atom stereocenters. The van der Waals surface area contributed by atoms with Crippen LogP contribution in [0.25, 0.3) is 0 Å². The number of nitrogens with zero attached hydrogens (tertiary/aromatic N) is 2. The predicted molar refractivity (Wildman–Crippen MR) is 135 cm³/mol. The molecule has 0 spiro atoms. The number of carbonyl (C=O) groups is 1. The molecule has 1 aromatic carbocycles. The molecule has 0 N–H and O–H groups in total. The Labute approximate surface area is 193 Å². The van der Waals surface area contributed by atoms with Gasteiger partial charge in [-0.25, -0.2) is 0 Å². The zero-order valence-corrected chi connectivity index (χ0v) is 21.2. The highest BCUT2D eigenvalue weighted by Gasteiger charge is 2.22. The largest absolute Gasteiger partial charge is 0.337 e. The highest BCUT2D eigenvalue weighted by molar-refractivity contribution is 5.77. The van der Waals surface area contributed by atoms with Crippen molar-refractivity contribution in [3.05, 3.63) is 35.9 Å². The van der Waals surface area contributed by atoms with Gasteiger partial charge in [-0.15, -0.1) is 0 Å². The highest BCUT2D eigenvalue weighted by Crippen LogP contribution is 2.14. The molecule has 0 radical (unpaired) electrons. The minimum absolute atomic E-state index is 0.235. The Hall–Kier alpha value is -1.35. The SMILES string of the molecule is CCCCCCCCCCCCCCCC[N+](C)(C)CC(=O)N(C)Cc1ccccc1. The Bertz CT molecular complexity index is 555. The Morgan fingerprint density at radius 2 is 1.19 bits per heavy atom. The normalized spacial score (nSPS) is 11.6. The third-order valence-electron chi connectivity index (χ3n) is 6.37. The molecule has 3 nitrogen and oxygen atoms in total. The van der Waals surface area contributed by atoms with Gasteiger partial charge in [0.2, 0.25) is 0 Å². The minimum atomic E-state index is 0.235. The molecule has 0 atom stereocenters. The van der Waals surface area contributed by atoms with Gasteiger partial charge in [0.25, 0.3) is 5.91 Å². The van der Waals surface area contributed by atoms with E-state index >= 15 is 0 Å². The van der Waals surface area contributed by atoms with Crippen LogP contribution in [0.1, 0.15) is 102 Å². The number of hydrogen-bond donors (Lipinski definition) is 0. The van der Waals surface area contributed by atoms with Gasteiger partial charge in [0.05, 0.1) is 20.6 Å². The van der Waals surface area contributed by atoms with Crippen LogP contribution in [0.5, 0.6) is 0 Å². The maximum absolute atomic E-state index is 12.6. The lowest BCUT2D eigenvalue weighted by Crippen LogP contribution is -2.48. The fourth-order valence-electron chi connectivity index (χ4n) is 4.25. The number of unbranched alkanes of at least 4 members (excludes halogenated alkanes) is 13. The second kappa shape index (κ2) is 17.2. The van der Waals surface area contributed by atoms with Crippen LogP contribution in [0.4, 0.5) is 0 Å². The van der Waals surface area contributed by atoms with Crippen molar-refractivity contribution in [2.75, 3.05) is 34.2 Å². The van der Waals surface area contributed by atoms with Crippen LogP contribution >= 0.6 is 0 Å². The van der Waals surface area contributed by atoms with E-state index in [0.29, 0.717) is 13.1 Å². The summed E-state index contributed by atoms with van der Waals surface area (Å²) in [5, 5.41) is 0. The lowest BCUT2D eigenvalue weighted by atomic mass is 10.0. The number of hydrogen-bond acceptors (Lipinski definition) is 1. The average Bonchev–Trinajstić information content (AvgIpc) is 2.74. The van der Waals surface area contributed by atoms with Crippen molar-refractivity contribution in [1.29, 1.82) is 0 Å². The van der Waals surface area contributed by atoms with Crippen molar-refractivity contribution in [3.8, 4) is 0 Å². The number of amides is 1. The summed E-state index contributed by atoms with van der Waals surface area (Å²) in [6, 6.07) is 10.2. The molecule has 31 heavy (non-hydrogen) atoms. The van der Waals surface area contributed by atoms with E-state index in [1.807, 2.05) is 30.1 Å². The molecule has 0 fully saturated rings. The molecule has 0 aromatic heterocycles. The molecule has 1 aromatic rings. The molecular formula is C28H51N2O+. The summed E-state index contributed by atoms with van der Waals surface area (Å²) >= 11 is 0. The Morgan fingerprint density at radius 1 is 0.742 bits per heavy atom. The summed E-state index contributed by atoms with van der Waals surface area (Å²) in [4.78, 5) is 14.5. The fraction of sp³-hybridized carbons (Fsp3) is 0.750. The van der Waals surface area contributed by atoms with Crippen LogP contribution in [0.2, 0.25) is 0 Å². The van der Waals surface area contributed by atoms with Gasteiger partial charge in [-0.05, 0) is 18.4 Å². The molecule has 0 aliphatic carbocycles. The summed E-state index contributed by atoms with van der Waals surface area (Å²) < 4.78 is 0.788. The maximum Gasteiger partial charge on any atom is 0.277 e. The van der Waals surface area contributed by atoms with Crippen LogP contribution in [0, 0.1) is 0 Å². The number of rotatable bonds is 19. The van der Waals surface area contributed by atoms with Crippen LogP contribution in [0.3, 0.4) is 0 Å². The topological polar surface area (TPSA) is 20.3 Å². The number of benzene rings is 1. The number of quaternary nitrogens is 1. The smallest absolute Gasteiger partial charge is 0.277 e. The zero-order valence-electron chi connectivity index (χ0n) is 21.2. The molecule has 0 heterocycles. The number of likely N-dealkylation sites (N-methyl/N-ethyl adjacent to an activating group) is 2. The third-order valence-corrected chi connectivity index (χ3v) is 6.37. The standard InChI is InChI=1S/C28H51N2O/c1-5-6-7-8-9-10-11-12-13-14-15-16-17-21-24-30(3,4)26-28(31)29(2)25-27-22-19-18-20-23-27/h18-20,22-23H,5-17,21,24-26H2,1-4H3/q+1. The summed E-state index contributed by atoms with van der Waals surface area (Å²) in [7, 11) is 6.30. The third kappa shape index (κ3) is 15.1. The monoisotopic (exact) mass is 431 g/mol. The van der Waals surface area contributed by atoms with Gasteiger partial charge in [0, 0.05) is 13.6 Å². The first-order chi connectivity index (χ1) is 14.9. The average molecular weight is 432 g/mol. The quantitative estimate of drug-likeness (QED) is 0.167. The first-order valence-electron chi connectivity index (χ1n) is 13.0. The number of carbonyl (C=O) groups excluding carboxylic acids is 1. The molecule has 0 aliphatic heterocycles. The van der Waals surface area contributed by atoms with E-state index in [1.54, 1.807) is 0 Å². The zero-order chi connectivity index (χ0) is 22.8. The lowest BCUT2D eigenvalue weighted by Gasteiger charge is -2.31. The molecule has 3 heteroatoms. The van der Waals surface area contributed by atoms with Crippen LogP contribution in [0.15, 0.2) is 30.3 Å². The summed E-state index contributed by atoms with van der Waals surface area (Å²) in [5.74, 6) is 0.235. The Morgan fingerprint density at radius 3 is 1.68 bits per heavy atom. The van der Waals surface area contributed by atoms with Gasteiger partial charge < -0.3 is 9.38 Å². The highest BCUT2D eigenvalue weighted by atomic mass is 16.2. The van der Waals surface area contributed by atoms with Crippen molar-refractivity contribution in [2.45, 2.75) is 103 Å². The van der Waals surface area contributed by atoms with E-state index in [1.165, 1.54) is 95.5 Å². The van der Waals surface area contributed by atoms with E-state index in [9.17, 15) is 4.79 Å². The molecule has 1 amide bonds. The van der Waals surface area contributed by atoms with E-state index in [-0.39, 0.29) is 5.91 Å². The second-order valence-corrected chi connectivity index (χ2v) is 10.1. The van der Waals surface area contributed by atoms with Gasteiger partial charge >= 0.3 is 0 Å². The van der Waals surface area contributed by atoms with E-state index in [4.69, 9.17) is 0 Å². The molecule has 178 valence electrons. The van der Waals surface area contributed by atoms with Crippen molar-refractivity contribution >= 4 is 5.91 Å². The Kier molecular flexibility index (Phi) is 15.4. The van der Waals surface area contributed by atoms with Crippen molar-refractivity contribution in [2.24, 2.45) is 0 Å². The van der Waals surface area contributed by atoms with E-state index < -0.39 is 0 Å². The first-order valence-corrected chi connectivity index (χ1v) is 13.0. The maximum atomic E-state index is 12.6. The van der Waals surface area contributed by atoms with Crippen molar-refractivity contribution < 1.29 is 9.28 Å². The molecular weight excluding hydrogens is 380 g/mol. The minimum Gasteiger partial charge on any atom is -0.337 e. The fourth-order valence-corrected chi connectivity index (χ4v) is 4.25. The predicted octanol–water partition coefficient (Wildman–Crippen LogP) is 7.20. The van der Waals surface area contributed by atoms with Gasteiger partial charge in [0.1, 0.15) is 0 Å². The van der Waals surface area contributed by atoms with Gasteiger partial charge in [-0.2, -0.15) is 0 Å². The Balaban J connectivity index is 2.00. The molecule has 0 bridgehead atoms. The van der Waals surface area contributed by atoms with Gasteiger partial charge in [0.15, 0.2) is 6.54 Å². The van der Waals surface area contributed by atoms with Crippen molar-refractivity contribution in [3.63, 3.8) is 0 Å². The van der Waals surface area contributed by atoms with Crippen LogP contribution in [-0.4, -0.2) is 49.5 Å². The summed E-state index contributed by atoms with van der Waals surface area (Å²) in [6.07, 6.45) is 19.4. The second-order valence-electron chi connectivity index (χ2n) is 10.1. The molecule has 0 saturated carbocycles. The summed E-state index contributed by atoms with van der Waals surface area (Å²) in [5.41, 5.74) is 1.19. The van der Waals surface area contributed by atoms with Crippen LogP contribution < -0.4 is 0 Å².